The fourth-order valence-electron chi connectivity index (χ4n) is 2.32. The quantitative estimate of drug-likeness (QED) is 0.792. The molecule has 0 radical (unpaired) electrons. The first-order chi connectivity index (χ1) is 7.51. The summed E-state index contributed by atoms with van der Waals surface area (Å²) in [5.41, 5.74) is 0. The van der Waals surface area contributed by atoms with Gasteiger partial charge in [-0.15, -0.1) is 0 Å². The number of benzene rings is 1. The molecule has 1 aliphatic rings. The Hall–Kier alpha value is -0.870. The summed E-state index contributed by atoms with van der Waals surface area (Å²) in [6, 6.07) is 8.78. The van der Waals surface area contributed by atoms with Crippen LogP contribution in [0.15, 0.2) is 35.2 Å². The third kappa shape index (κ3) is 1.99. The molecule has 0 N–H and O–H groups in total. The van der Waals surface area contributed by atoms with Crippen molar-refractivity contribution >= 4 is 10.0 Å². The van der Waals surface area contributed by atoms with Crippen LogP contribution in [-0.4, -0.2) is 25.3 Å². The lowest BCUT2D eigenvalue weighted by Gasteiger charge is -2.20. The van der Waals surface area contributed by atoms with Gasteiger partial charge in [-0.3, -0.25) is 0 Å². The van der Waals surface area contributed by atoms with Gasteiger partial charge >= 0.3 is 0 Å². The van der Waals surface area contributed by atoms with E-state index in [9.17, 15) is 8.42 Å². The zero-order valence-electron chi connectivity index (χ0n) is 9.63. The average Bonchev–Trinajstić information content (AvgIpc) is 2.60. The van der Waals surface area contributed by atoms with E-state index in [4.69, 9.17) is 0 Å². The first-order valence-corrected chi connectivity index (χ1v) is 7.02. The maximum Gasteiger partial charge on any atom is 0.243 e. The largest absolute Gasteiger partial charge is 0.243 e. The van der Waals surface area contributed by atoms with Crippen molar-refractivity contribution in [2.75, 3.05) is 6.54 Å². The minimum absolute atomic E-state index is 0.111. The second kappa shape index (κ2) is 4.18. The van der Waals surface area contributed by atoms with E-state index in [1.54, 1.807) is 28.6 Å². The Labute approximate surface area is 97.1 Å². The van der Waals surface area contributed by atoms with E-state index in [0.29, 0.717) is 17.4 Å². The van der Waals surface area contributed by atoms with Gasteiger partial charge in [0.2, 0.25) is 10.0 Å². The minimum atomic E-state index is -3.29. The summed E-state index contributed by atoms with van der Waals surface area (Å²) in [5, 5.41) is 0. The highest BCUT2D eigenvalue weighted by atomic mass is 32.2. The molecular weight excluding hydrogens is 222 g/mol. The Morgan fingerprint density at radius 2 is 1.81 bits per heavy atom. The maximum atomic E-state index is 12.3. The molecular formula is C12H17NO2S. The van der Waals surface area contributed by atoms with Crippen LogP contribution in [0, 0.1) is 5.92 Å². The third-order valence-electron chi connectivity index (χ3n) is 3.08. The van der Waals surface area contributed by atoms with Crippen molar-refractivity contribution < 1.29 is 8.42 Å². The number of nitrogens with zero attached hydrogens (tertiary/aromatic N) is 1. The lowest BCUT2D eigenvalue weighted by atomic mass is 10.1. The molecule has 88 valence electrons. The average molecular weight is 239 g/mol. The molecule has 2 unspecified atom stereocenters. The molecule has 2 atom stereocenters. The first-order valence-electron chi connectivity index (χ1n) is 5.58. The van der Waals surface area contributed by atoms with Crippen LogP contribution in [-0.2, 0) is 10.0 Å². The number of hydrogen-bond donors (Lipinski definition) is 0. The summed E-state index contributed by atoms with van der Waals surface area (Å²) >= 11 is 0. The molecule has 0 saturated carbocycles. The Bertz CT molecular complexity index is 455. The lowest BCUT2D eigenvalue weighted by Crippen LogP contribution is -2.33. The number of sulfonamides is 1. The smallest absolute Gasteiger partial charge is 0.207 e. The molecule has 16 heavy (non-hydrogen) atoms. The summed E-state index contributed by atoms with van der Waals surface area (Å²) in [5.74, 6) is 0.452. The Morgan fingerprint density at radius 1 is 1.19 bits per heavy atom. The monoisotopic (exact) mass is 239 g/mol. The predicted molar refractivity (Wildman–Crippen MR) is 63.6 cm³/mol. The highest BCUT2D eigenvalue weighted by molar-refractivity contribution is 7.89. The first kappa shape index (κ1) is 11.6. The van der Waals surface area contributed by atoms with E-state index in [-0.39, 0.29) is 6.04 Å². The SMILES string of the molecule is CC1CC(C)N(S(=O)(=O)c2ccccc2)C1. The van der Waals surface area contributed by atoms with Crippen LogP contribution < -0.4 is 0 Å². The molecule has 1 aromatic carbocycles. The van der Waals surface area contributed by atoms with Gasteiger partial charge in [-0.2, -0.15) is 4.31 Å². The fourth-order valence-corrected chi connectivity index (χ4v) is 4.11. The van der Waals surface area contributed by atoms with E-state index >= 15 is 0 Å². The molecule has 0 aromatic heterocycles. The summed E-state index contributed by atoms with van der Waals surface area (Å²) in [7, 11) is -3.29. The second-order valence-electron chi connectivity index (χ2n) is 4.58. The van der Waals surface area contributed by atoms with E-state index < -0.39 is 10.0 Å². The van der Waals surface area contributed by atoms with Gasteiger partial charge in [-0.25, -0.2) is 8.42 Å². The van der Waals surface area contributed by atoms with Gasteiger partial charge < -0.3 is 0 Å². The van der Waals surface area contributed by atoms with Crippen molar-refractivity contribution in [1.82, 2.24) is 4.31 Å². The second-order valence-corrected chi connectivity index (χ2v) is 6.47. The maximum absolute atomic E-state index is 12.3. The molecule has 1 aromatic rings. The van der Waals surface area contributed by atoms with Crippen LogP contribution in [0.25, 0.3) is 0 Å². The van der Waals surface area contributed by atoms with Crippen LogP contribution in [0.3, 0.4) is 0 Å². The highest BCUT2D eigenvalue weighted by Gasteiger charge is 2.35. The molecule has 0 amide bonds. The minimum Gasteiger partial charge on any atom is -0.207 e. The fraction of sp³-hybridized carbons (Fsp3) is 0.500. The molecule has 1 saturated heterocycles. The normalized spacial score (nSPS) is 27.1. The predicted octanol–water partition coefficient (Wildman–Crippen LogP) is 2.11. The van der Waals surface area contributed by atoms with E-state index in [1.165, 1.54) is 0 Å². The third-order valence-corrected chi connectivity index (χ3v) is 5.07. The van der Waals surface area contributed by atoms with Crippen LogP contribution in [0.1, 0.15) is 20.3 Å². The van der Waals surface area contributed by atoms with E-state index in [1.807, 2.05) is 13.0 Å². The Balaban J connectivity index is 2.34. The molecule has 1 aliphatic heterocycles. The summed E-state index contributed by atoms with van der Waals surface area (Å²) < 4.78 is 26.3. The summed E-state index contributed by atoms with van der Waals surface area (Å²) in [4.78, 5) is 0.399. The number of hydrogen-bond acceptors (Lipinski definition) is 2. The van der Waals surface area contributed by atoms with E-state index in [2.05, 4.69) is 6.92 Å². The summed E-state index contributed by atoms with van der Waals surface area (Å²) in [6.07, 6.45) is 0.950. The summed E-state index contributed by atoms with van der Waals surface area (Å²) in [6.45, 7) is 4.71. The van der Waals surface area contributed by atoms with Gasteiger partial charge in [0.05, 0.1) is 4.90 Å². The van der Waals surface area contributed by atoms with Crippen LogP contribution >= 0.6 is 0 Å². The van der Waals surface area contributed by atoms with Crippen molar-refractivity contribution in [3.05, 3.63) is 30.3 Å². The lowest BCUT2D eigenvalue weighted by molar-refractivity contribution is 0.405. The molecule has 0 spiro atoms. The zero-order chi connectivity index (χ0) is 11.8. The molecule has 4 heteroatoms. The van der Waals surface area contributed by atoms with Crippen molar-refractivity contribution in [1.29, 1.82) is 0 Å². The highest BCUT2D eigenvalue weighted by Crippen LogP contribution is 2.28. The molecule has 1 fully saturated rings. The van der Waals surface area contributed by atoms with E-state index in [0.717, 1.165) is 6.42 Å². The van der Waals surface area contributed by atoms with Crippen molar-refractivity contribution in [3.63, 3.8) is 0 Å². The molecule has 2 rings (SSSR count). The van der Waals surface area contributed by atoms with Gasteiger partial charge in [0.25, 0.3) is 0 Å². The molecule has 3 nitrogen and oxygen atoms in total. The topological polar surface area (TPSA) is 37.4 Å². The Morgan fingerprint density at radius 3 is 2.31 bits per heavy atom. The van der Waals surface area contributed by atoms with Gasteiger partial charge in [-0.1, -0.05) is 25.1 Å². The van der Waals surface area contributed by atoms with Crippen LogP contribution in [0.5, 0.6) is 0 Å². The van der Waals surface area contributed by atoms with Gasteiger partial charge in [0.15, 0.2) is 0 Å². The van der Waals surface area contributed by atoms with Crippen LogP contribution in [0.4, 0.5) is 0 Å². The van der Waals surface area contributed by atoms with Crippen molar-refractivity contribution in [3.8, 4) is 0 Å². The van der Waals surface area contributed by atoms with Gasteiger partial charge in [0, 0.05) is 12.6 Å². The molecule has 1 heterocycles. The van der Waals surface area contributed by atoms with Crippen molar-refractivity contribution in [2.45, 2.75) is 31.2 Å². The van der Waals surface area contributed by atoms with Crippen LogP contribution in [0.2, 0.25) is 0 Å². The molecule has 0 bridgehead atoms. The van der Waals surface area contributed by atoms with Crippen molar-refractivity contribution in [2.24, 2.45) is 5.92 Å². The standard InChI is InChI=1S/C12H17NO2S/c1-10-8-11(2)13(9-10)16(14,15)12-6-4-3-5-7-12/h3-7,10-11H,8-9H2,1-2H3. The molecule has 0 aliphatic carbocycles. The zero-order valence-corrected chi connectivity index (χ0v) is 10.4. The number of rotatable bonds is 2. The van der Waals surface area contributed by atoms with Gasteiger partial charge in [0.1, 0.15) is 0 Å². The Kier molecular flexibility index (Phi) is 3.04. The van der Waals surface area contributed by atoms with Gasteiger partial charge in [-0.05, 0) is 31.4 Å².